The number of nitrogens with zero attached hydrogens (tertiary/aromatic N) is 4. The molecule has 2 aromatic rings. The van der Waals surface area contributed by atoms with Crippen LogP contribution in [0.4, 0.5) is 16.2 Å². The molecule has 1 aliphatic heterocycles. The molecule has 0 radical (unpaired) electrons. The van der Waals surface area contributed by atoms with Crippen molar-refractivity contribution < 1.29 is 9.50 Å². The highest BCUT2D eigenvalue weighted by Gasteiger charge is 2.28. The number of nitrogens with one attached hydrogen (secondary N) is 1. The van der Waals surface area contributed by atoms with Gasteiger partial charge in [-0.05, 0) is 37.1 Å². The van der Waals surface area contributed by atoms with Crippen LogP contribution in [0.25, 0.3) is 0 Å². The Balaban J connectivity index is 1.69. The fourth-order valence-electron chi connectivity index (χ4n) is 3.31. The Kier molecular flexibility index (Phi) is 6.35. The maximum absolute atomic E-state index is 13.1. The van der Waals surface area contributed by atoms with Crippen molar-refractivity contribution in [3.05, 3.63) is 47.9 Å². The number of aliphatic hydroxyl groups is 1. The molecule has 140 valence electrons. The molecule has 0 amide bonds. The van der Waals surface area contributed by atoms with Gasteiger partial charge in [0.2, 0.25) is 5.95 Å². The Morgan fingerprint density at radius 2 is 2.04 bits per heavy atom. The Morgan fingerprint density at radius 3 is 2.77 bits per heavy atom. The summed E-state index contributed by atoms with van der Waals surface area (Å²) in [7, 11) is 0. The Hall–Kier alpha value is -2.25. The van der Waals surface area contributed by atoms with Gasteiger partial charge in [-0.15, -0.1) is 0 Å². The smallest absolute Gasteiger partial charge is 0.227 e. The Labute approximate surface area is 153 Å². The molecule has 0 bridgehead atoms. The molecule has 2 heterocycles. The summed E-state index contributed by atoms with van der Waals surface area (Å²) in [6.45, 7) is 6.16. The van der Waals surface area contributed by atoms with Crippen LogP contribution in [0.3, 0.4) is 0 Å². The number of aromatic nitrogens is 2. The molecule has 1 aromatic heterocycles. The van der Waals surface area contributed by atoms with E-state index < -0.39 is 0 Å². The number of benzene rings is 1. The van der Waals surface area contributed by atoms with E-state index in [1.165, 1.54) is 12.1 Å². The van der Waals surface area contributed by atoms with Crippen molar-refractivity contribution in [1.82, 2.24) is 14.9 Å². The van der Waals surface area contributed by atoms with Gasteiger partial charge in [-0.2, -0.15) is 4.98 Å². The maximum Gasteiger partial charge on any atom is 0.227 e. The lowest BCUT2D eigenvalue weighted by molar-refractivity contribution is 0.135. The summed E-state index contributed by atoms with van der Waals surface area (Å²) < 4.78 is 13.1. The van der Waals surface area contributed by atoms with Gasteiger partial charge < -0.3 is 15.3 Å². The molecular weight excluding hydrogens is 333 g/mol. The second kappa shape index (κ2) is 8.91. The summed E-state index contributed by atoms with van der Waals surface area (Å²) in [5.74, 6) is 1.32. The van der Waals surface area contributed by atoms with Gasteiger partial charge in [-0.1, -0.05) is 12.1 Å². The van der Waals surface area contributed by atoms with Crippen LogP contribution in [0.1, 0.15) is 18.9 Å². The summed E-state index contributed by atoms with van der Waals surface area (Å²) in [6, 6.07) is 8.69. The minimum atomic E-state index is -0.219. The normalized spacial score (nSPS) is 18.1. The molecule has 6 nitrogen and oxygen atoms in total. The number of hydrogen-bond donors (Lipinski definition) is 2. The monoisotopic (exact) mass is 359 g/mol. The summed E-state index contributed by atoms with van der Waals surface area (Å²) in [4.78, 5) is 13.5. The van der Waals surface area contributed by atoms with Gasteiger partial charge in [0.15, 0.2) is 0 Å². The van der Waals surface area contributed by atoms with Crippen LogP contribution < -0.4 is 10.2 Å². The van der Waals surface area contributed by atoms with Crippen LogP contribution in [-0.2, 0) is 6.54 Å². The molecule has 1 saturated heterocycles. The zero-order chi connectivity index (χ0) is 18.4. The molecule has 2 N–H and O–H groups in total. The predicted octanol–water partition coefficient (Wildman–Crippen LogP) is 2.12. The van der Waals surface area contributed by atoms with E-state index in [2.05, 4.69) is 25.1 Å². The minimum absolute atomic E-state index is 0.136. The van der Waals surface area contributed by atoms with Crippen LogP contribution in [-0.4, -0.2) is 58.8 Å². The number of aliphatic hydroxyl groups excluding tert-OH is 1. The lowest BCUT2D eigenvalue weighted by Gasteiger charge is -2.41. The Bertz CT molecular complexity index is 697. The summed E-state index contributed by atoms with van der Waals surface area (Å²) in [6.07, 6.45) is 2.46. The van der Waals surface area contributed by atoms with E-state index in [1.807, 2.05) is 25.1 Å². The molecule has 7 heteroatoms. The van der Waals surface area contributed by atoms with Gasteiger partial charge in [0, 0.05) is 51.6 Å². The van der Waals surface area contributed by atoms with Crippen molar-refractivity contribution >= 4 is 11.8 Å². The molecule has 3 rings (SSSR count). The standard InChI is InChI=1S/C19H26FN5O/c1-2-21-18-7-9-22-19(23-18)25-11-10-24(17(14-25)8-12-26)13-15-3-5-16(20)6-4-15/h3-7,9,17,26H,2,8,10-14H2,1H3,(H,21,22,23)/t17-/m1/s1. The third-order valence-electron chi connectivity index (χ3n) is 4.65. The van der Waals surface area contributed by atoms with Crippen molar-refractivity contribution in [1.29, 1.82) is 0 Å². The van der Waals surface area contributed by atoms with Gasteiger partial charge >= 0.3 is 0 Å². The molecule has 0 spiro atoms. The summed E-state index contributed by atoms with van der Waals surface area (Å²) in [5.41, 5.74) is 1.08. The van der Waals surface area contributed by atoms with Crippen LogP contribution in [0, 0.1) is 5.82 Å². The number of anilines is 2. The molecule has 1 atom stereocenters. The second-order valence-electron chi connectivity index (χ2n) is 6.48. The van der Waals surface area contributed by atoms with Crippen LogP contribution in [0.15, 0.2) is 36.5 Å². The first-order valence-electron chi connectivity index (χ1n) is 9.11. The van der Waals surface area contributed by atoms with Gasteiger partial charge in [0.05, 0.1) is 0 Å². The molecule has 0 unspecified atom stereocenters. The van der Waals surface area contributed by atoms with Gasteiger partial charge in [-0.3, -0.25) is 4.90 Å². The van der Waals surface area contributed by atoms with Crippen molar-refractivity contribution in [2.75, 3.05) is 43.0 Å². The predicted molar refractivity (Wildman–Crippen MR) is 101 cm³/mol. The van der Waals surface area contributed by atoms with E-state index in [0.29, 0.717) is 12.4 Å². The van der Waals surface area contributed by atoms with Crippen molar-refractivity contribution in [3.8, 4) is 0 Å². The van der Waals surface area contributed by atoms with Crippen LogP contribution in [0.2, 0.25) is 0 Å². The summed E-state index contributed by atoms with van der Waals surface area (Å²) >= 11 is 0. The quantitative estimate of drug-likeness (QED) is 0.790. The van der Waals surface area contributed by atoms with Crippen molar-refractivity contribution in [3.63, 3.8) is 0 Å². The number of halogens is 1. The van der Waals surface area contributed by atoms with Crippen LogP contribution in [0.5, 0.6) is 0 Å². The topological polar surface area (TPSA) is 64.5 Å². The molecule has 1 aliphatic rings. The fourth-order valence-corrected chi connectivity index (χ4v) is 3.31. The zero-order valence-corrected chi connectivity index (χ0v) is 15.1. The van der Waals surface area contributed by atoms with E-state index in [1.54, 1.807) is 6.20 Å². The third-order valence-corrected chi connectivity index (χ3v) is 4.65. The van der Waals surface area contributed by atoms with Gasteiger partial charge in [0.1, 0.15) is 11.6 Å². The highest BCUT2D eigenvalue weighted by molar-refractivity contribution is 5.41. The highest BCUT2D eigenvalue weighted by atomic mass is 19.1. The minimum Gasteiger partial charge on any atom is -0.396 e. The maximum atomic E-state index is 13.1. The molecular formula is C19H26FN5O. The molecule has 26 heavy (non-hydrogen) atoms. The largest absolute Gasteiger partial charge is 0.396 e. The lowest BCUT2D eigenvalue weighted by atomic mass is 10.1. The van der Waals surface area contributed by atoms with Crippen molar-refractivity contribution in [2.24, 2.45) is 0 Å². The van der Waals surface area contributed by atoms with E-state index in [9.17, 15) is 9.50 Å². The molecule has 1 aromatic carbocycles. The summed E-state index contributed by atoms with van der Waals surface area (Å²) in [5, 5.41) is 12.7. The van der Waals surface area contributed by atoms with E-state index in [0.717, 1.165) is 44.1 Å². The second-order valence-corrected chi connectivity index (χ2v) is 6.48. The van der Waals surface area contributed by atoms with Crippen LogP contribution >= 0.6 is 0 Å². The fraction of sp³-hybridized carbons (Fsp3) is 0.474. The van der Waals surface area contributed by atoms with E-state index in [4.69, 9.17) is 0 Å². The Morgan fingerprint density at radius 1 is 1.23 bits per heavy atom. The van der Waals surface area contributed by atoms with E-state index in [-0.39, 0.29) is 18.5 Å². The van der Waals surface area contributed by atoms with Crippen molar-refractivity contribution in [2.45, 2.75) is 25.9 Å². The number of piperazine rings is 1. The first kappa shape index (κ1) is 18.5. The van der Waals surface area contributed by atoms with E-state index >= 15 is 0 Å². The molecule has 0 aliphatic carbocycles. The van der Waals surface area contributed by atoms with Gasteiger partial charge in [-0.25, -0.2) is 9.37 Å². The average Bonchev–Trinajstić information content (AvgIpc) is 2.66. The first-order valence-corrected chi connectivity index (χ1v) is 9.11. The SMILES string of the molecule is CCNc1ccnc(N2CCN(Cc3ccc(F)cc3)[C@H](CCO)C2)n1. The lowest BCUT2D eigenvalue weighted by Crippen LogP contribution is -2.53. The highest BCUT2D eigenvalue weighted by Crippen LogP contribution is 2.20. The molecule has 0 saturated carbocycles. The number of hydrogen-bond acceptors (Lipinski definition) is 6. The average molecular weight is 359 g/mol. The first-order chi connectivity index (χ1) is 12.7. The van der Waals surface area contributed by atoms with Gasteiger partial charge in [0.25, 0.3) is 0 Å². The molecule has 1 fully saturated rings. The number of rotatable bonds is 7. The zero-order valence-electron chi connectivity index (χ0n) is 15.1. The third kappa shape index (κ3) is 4.68.